The van der Waals surface area contributed by atoms with Crippen molar-refractivity contribution in [1.82, 2.24) is 19.9 Å². The van der Waals surface area contributed by atoms with Crippen LogP contribution in [0.2, 0.25) is 0 Å². The van der Waals surface area contributed by atoms with E-state index in [-0.39, 0.29) is 24.7 Å². The standard InChI is InChI=1S/C34H40N4O4/c1-7-21-17(3)25-13-26-19(5)23(9-11-33(39)40)31(37-26)16-32-24(10-12-34(41)42)20(6)28(38-32)15-30-22(8-2)18(4)27(36-30)14-29(21)35-25/h13-16,19,23,35,38H,7-12H2,1-6H3,(H,39,40)(H,41,42). The Balaban J connectivity index is 1.90. The lowest BCUT2D eigenvalue weighted by atomic mass is 9.87. The second-order valence-electron chi connectivity index (χ2n) is 11.6. The number of carboxylic acid groups (broad SMARTS) is 2. The third-order valence-electron chi connectivity index (χ3n) is 9.11. The van der Waals surface area contributed by atoms with E-state index in [1.165, 1.54) is 16.7 Å². The number of nitrogens with one attached hydrogen (secondary N) is 2. The van der Waals surface area contributed by atoms with Crippen molar-refractivity contribution < 1.29 is 19.8 Å². The molecule has 2 aliphatic heterocycles. The molecule has 0 spiro atoms. The summed E-state index contributed by atoms with van der Waals surface area (Å²) >= 11 is 0. The predicted molar refractivity (Wildman–Crippen MR) is 167 cm³/mol. The Morgan fingerprint density at radius 2 is 1.36 bits per heavy atom. The molecule has 0 fully saturated rings. The van der Waals surface area contributed by atoms with Crippen LogP contribution in [-0.2, 0) is 22.4 Å². The van der Waals surface area contributed by atoms with E-state index in [9.17, 15) is 19.8 Å². The van der Waals surface area contributed by atoms with Gasteiger partial charge in [0, 0.05) is 58.1 Å². The first-order valence-corrected chi connectivity index (χ1v) is 14.9. The highest BCUT2D eigenvalue weighted by Crippen LogP contribution is 2.40. The molecule has 8 heteroatoms. The number of hydrogen-bond donors (Lipinski definition) is 4. The van der Waals surface area contributed by atoms with E-state index in [1.807, 2.05) is 13.0 Å². The fraction of sp³-hybridized carbons (Fsp3) is 0.412. The number of hydrogen-bond acceptors (Lipinski definition) is 4. The van der Waals surface area contributed by atoms with Gasteiger partial charge in [0.05, 0.1) is 11.4 Å². The summed E-state index contributed by atoms with van der Waals surface area (Å²) in [6, 6.07) is 8.33. The zero-order chi connectivity index (χ0) is 30.3. The number of carbonyl (C=O) groups is 2. The van der Waals surface area contributed by atoms with Crippen molar-refractivity contribution in [3.05, 3.63) is 69.3 Å². The van der Waals surface area contributed by atoms with Crippen LogP contribution in [-0.4, -0.2) is 42.1 Å². The van der Waals surface area contributed by atoms with E-state index in [0.717, 1.165) is 74.4 Å². The highest BCUT2D eigenvalue weighted by Gasteiger charge is 2.29. The van der Waals surface area contributed by atoms with Crippen molar-refractivity contribution in [2.75, 3.05) is 0 Å². The van der Waals surface area contributed by atoms with Gasteiger partial charge in [0.2, 0.25) is 0 Å². The van der Waals surface area contributed by atoms with Gasteiger partial charge in [-0.2, -0.15) is 0 Å². The Bertz CT molecular complexity index is 1780. The summed E-state index contributed by atoms with van der Waals surface area (Å²) in [6.45, 7) is 12.7. The summed E-state index contributed by atoms with van der Waals surface area (Å²) < 4.78 is 0. The number of aryl methyl sites for hydroxylation is 4. The number of H-pyrrole nitrogens is 2. The summed E-state index contributed by atoms with van der Waals surface area (Å²) in [5.41, 5.74) is 14.0. The number of aromatic amines is 2. The molecule has 220 valence electrons. The van der Waals surface area contributed by atoms with Crippen molar-refractivity contribution in [2.24, 2.45) is 0 Å². The molecule has 0 aromatic carbocycles. The fourth-order valence-corrected chi connectivity index (χ4v) is 6.58. The van der Waals surface area contributed by atoms with E-state index in [1.54, 1.807) is 0 Å². The molecule has 42 heavy (non-hydrogen) atoms. The SMILES string of the molecule is CCC1=C(C)c2cc3[nH]c(cc4nc(cc5[nH]c(cc1n2)c(C)c5CCC(=O)O)C(CCC(=O)O)C4C)c(C)c3CC. The lowest BCUT2D eigenvalue weighted by Crippen LogP contribution is -2.05. The Morgan fingerprint density at radius 3 is 2.00 bits per heavy atom. The molecule has 0 radical (unpaired) electrons. The van der Waals surface area contributed by atoms with Gasteiger partial charge in [0.25, 0.3) is 0 Å². The third kappa shape index (κ3) is 5.38. The van der Waals surface area contributed by atoms with Gasteiger partial charge in [-0.25, -0.2) is 4.98 Å². The number of allylic oxidation sites excluding steroid dienone is 2. The first-order valence-electron chi connectivity index (χ1n) is 14.9. The van der Waals surface area contributed by atoms with Crippen LogP contribution in [0.5, 0.6) is 0 Å². The lowest BCUT2D eigenvalue weighted by Gasteiger charge is -2.14. The Labute approximate surface area is 246 Å². The lowest BCUT2D eigenvalue weighted by molar-refractivity contribution is -0.138. The van der Waals surface area contributed by atoms with Crippen LogP contribution in [0.15, 0.2) is 24.3 Å². The van der Waals surface area contributed by atoms with Crippen LogP contribution < -0.4 is 0 Å². The van der Waals surface area contributed by atoms with Crippen LogP contribution in [0.4, 0.5) is 0 Å². The number of aliphatic carboxylic acids is 2. The zero-order valence-corrected chi connectivity index (χ0v) is 25.3. The van der Waals surface area contributed by atoms with Crippen LogP contribution in [0.25, 0.3) is 33.2 Å². The van der Waals surface area contributed by atoms with Crippen molar-refractivity contribution in [1.29, 1.82) is 0 Å². The molecule has 8 nitrogen and oxygen atoms in total. The fourth-order valence-electron chi connectivity index (χ4n) is 6.58. The largest absolute Gasteiger partial charge is 0.481 e. The molecule has 0 aliphatic carbocycles. The molecule has 0 saturated carbocycles. The van der Waals surface area contributed by atoms with Gasteiger partial charge >= 0.3 is 11.9 Å². The van der Waals surface area contributed by atoms with Crippen LogP contribution in [0, 0.1) is 13.8 Å². The highest BCUT2D eigenvalue weighted by atomic mass is 16.4. The second-order valence-corrected chi connectivity index (χ2v) is 11.6. The summed E-state index contributed by atoms with van der Waals surface area (Å²) in [6.07, 6.45) is 2.61. The summed E-state index contributed by atoms with van der Waals surface area (Å²) in [7, 11) is 0. The molecule has 5 heterocycles. The first-order chi connectivity index (χ1) is 20.0. The Morgan fingerprint density at radius 1 is 0.762 bits per heavy atom. The molecule has 3 aromatic heterocycles. The number of fused-ring (bicyclic) bond motifs is 8. The maximum Gasteiger partial charge on any atom is 0.303 e. The van der Waals surface area contributed by atoms with E-state index in [0.29, 0.717) is 12.8 Å². The topological polar surface area (TPSA) is 132 Å². The average Bonchev–Trinajstić information content (AvgIpc) is 3.59. The maximum atomic E-state index is 11.6. The van der Waals surface area contributed by atoms with Gasteiger partial charge in [-0.05, 0) is 104 Å². The van der Waals surface area contributed by atoms with E-state index in [2.05, 4.69) is 62.8 Å². The third-order valence-corrected chi connectivity index (χ3v) is 9.11. The molecule has 2 atom stereocenters. The molecule has 2 aliphatic rings. The Hall–Kier alpha value is -4.20. The van der Waals surface area contributed by atoms with Crippen LogP contribution in [0.1, 0.15) is 110 Å². The zero-order valence-electron chi connectivity index (χ0n) is 25.3. The molecule has 8 bridgehead atoms. The normalized spacial score (nSPS) is 16.7. The quantitative estimate of drug-likeness (QED) is 0.221. The maximum absolute atomic E-state index is 11.6. The number of nitrogens with zero attached hydrogens (tertiary/aromatic N) is 2. The van der Waals surface area contributed by atoms with Crippen molar-refractivity contribution >= 4 is 45.2 Å². The summed E-state index contributed by atoms with van der Waals surface area (Å²) in [4.78, 5) is 40.5. The van der Waals surface area contributed by atoms with E-state index in [4.69, 9.17) is 9.97 Å². The van der Waals surface area contributed by atoms with Gasteiger partial charge in [0.1, 0.15) is 0 Å². The van der Waals surface area contributed by atoms with Gasteiger partial charge in [-0.1, -0.05) is 20.8 Å². The molecule has 0 saturated heterocycles. The Kier molecular flexibility index (Phi) is 8.08. The minimum Gasteiger partial charge on any atom is -0.481 e. The first kappa shape index (κ1) is 29.3. The average molecular weight is 569 g/mol. The van der Waals surface area contributed by atoms with E-state index < -0.39 is 11.9 Å². The van der Waals surface area contributed by atoms with Gasteiger partial charge in [-0.3, -0.25) is 14.6 Å². The molecule has 4 N–H and O–H groups in total. The van der Waals surface area contributed by atoms with Crippen molar-refractivity contribution in [3.63, 3.8) is 0 Å². The van der Waals surface area contributed by atoms with E-state index >= 15 is 0 Å². The monoisotopic (exact) mass is 568 g/mol. The van der Waals surface area contributed by atoms with Gasteiger partial charge in [0.15, 0.2) is 0 Å². The molecule has 2 unspecified atom stereocenters. The molecular weight excluding hydrogens is 528 g/mol. The van der Waals surface area contributed by atoms with Crippen molar-refractivity contribution in [3.8, 4) is 0 Å². The molecule has 5 rings (SSSR count). The number of carboxylic acids is 2. The summed E-state index contributed by atoms with van der Waals surface area (Å²) in [5.74, 6) is -1.74. The minimum absolute atomic E-state index is 0.0104. The second kappa shape index (κ2) is 11.6. The summed E-state index contributed by atoms with van der Waals surface area (Å²) in [5, 5.41) is 19.0. The molecular formula is C34H40N4O4. The number of rotatable bonds is 8. The van der Waals surface area contributed by atoms with Crippen molar-refractivity contribution in [2.45, 2.75) is 91.9 Å². The number of aromatic nitrogens is 4. The molecule has 3 aromatic rings. The highest BCUT2D eigenvalue weighted by molar-refractivity contribution is 5.93. The van der Waals surface area contributed by atoms with Crippen LogP contribution >= 0.6 is 0 Å². The van der Waals surface area contributed by atoms with Gasteiger partial charge in [-0.15, -0.1) is 0 Å². The smallest absolute Gasteiger partial charge is 0.303 e. The van der Waals surface area contributed by atoms with Crippen LogP contribution in [0.3, 0.4) is 0 Å². The van der Waals surface area contributed by atoms with Gasteiger partial charge < -0.3 is 20.2 Å². The minimum atomic E-state index is -0.851. The molecule has 0 amide bonds. The predicted octanol–water partition coefficient (Wildman–Crippen LogP) is 7.60.